The third-order valence-corrected chi connectivity index (χ3v) is 3.68. The number of carbonyl (C=O) groups excluding carboxylic acids is 1. The summed E-state index contributed by atoms with van der Waals surface area (Å²) >= 11 is 0. The Morgan fingerprint density at radius 3 is 2.84 bits per heavy atom. The summed E-state index contributed by atoms with van der Waals surface area (Å²) in [5.74, 6) is 0.241. The SMILES string of the molecule is CN(CCO)C(=O)C1CCN(Cc2ccccc2)C1. The fraction of sp³-hybridized carbons (Fsp3) is 0.533. The fourth-order valence-corrected chi connectivity index (χ4v) is 2.59. The zero-order valence-corrected chi connectivity index (χ0v) is 11.5. The second-order valence-corrected chi connectivity index (χ2v) is 5.19. The van der Waals surface area contributed by atoms with Gasteiger partial charge in [0.1, 0.15) is 0 Å². The highest BCUT2D eigenvalue weighted by Gasteiger charge is 2.29. The Labute approximate surface area is 114 Å². The smallest absolute Gasteiger partial charge is 0.226 e. The Morgan fingerprint density at radius 2 is 2.16 bits per heavy atom. The lowest BCUT2D eigenvalue weighted by atomic mass is 10.1. The lowest BCUT2D eigenvalue weighted by molar-refractivity contribution is -0.134. The van der Waals surface area contributed by atoms with Crippen LogP contribution in [-0.4, -0.2) is 54.1 Å². The lowest BCUT2D eigenvalue weighted by Gasteiger charge is -2.20. The van der Waals surface area contributed by atoms with E-state index in [1.807, 2.05) is 18.2 Å². The predicted molar refractivity (Wildman–Crippen MR) is 74.5 cm³/mol. The maximum Gasteiger partial charge on any atom is 0.226 e. The molecule has 1 fully saturated rings. The molecule has 0 saturated carbocycles. The zero-order valence-electron chi connectivity index (χ0n) is 11.5. The van der Waals surface area contributed by atoms with Crippen molar-refractivity contribution in [2.24, 2.45) is 5.92 Å². The van der Waals surface area contributed by atoms with Crippen molar-refractivity contribution in [1.29, 1.82) is 0 Å². The molecule has 1 N–H and O–H groups in total. The molecule has 0 aliphatic carbocycles. The van der Waals surface area contributed by atoms with Gasteiger partial charge in [-0.25, -0.2) is 0 Å². The summed E-state index contributed by atoms with van der Waals surface area (Å²) in [4.78, 5) is 16.1. The van der Waals surface area contributed by atoms with Crippen molar-refractivity contribution in [3.8, 4) is 0 Å². The highest BCUT2D eigenvalue weighted by molar-refractivity contribution is 5.79. The quantitative estimate of drug-likeness (QED) is 0.859. The van der Waals surface area contributed by atoms with Crippen molar-refractivity contribution in [2.45, 2.75) is 13.0 Å². The third kappa shape index (κ3) is 3.78. The standard InChI is InChI=1S/C15H22N2O2/c1-16(9-10-18)15(19)14-7-8-17(12-14)11-13-5-3-2-4-6-13/h2-6,14,18H,7-12H2,1H3. The van der Waals surface area contributed by atoms with Gasteiger partial charge in [0, 0.05) is 26.7 Å². The molecule has 0 aromatic heterocycles. The molecule has 1 saturated heterocycles. The van der Waals surface area contributed by atoms with Crippen LogP contribution in [0.2, 0.25) is 0 Å². The Hall–Kier alpha value is -1.39. The molecule has 104 valence electrons. The minimum Gasteiger partial charge on any atom is -0.395 e. The van der Waals surface area contributed by atoms with E-state index in [0.717, 1.165) is 26.1 Å². The van der Waals surface area contributed by atoms with Gasteiger partial charge in [0.05, 0.1) is 12.5 Å². The van der Waals surface area contributed by atoms with Crippen molar-refractivity contribution >= 4 is 5.91 Å². The van der Waals surface area contributed by atoms with Crippen molar-refractivity contribution in [3.05, 3.63) is 35.9 Å². The molecule has 4 nitrogen and oxygen atoms in total. The lowest BCUT2D eigenvalue weighted by Crippen LogP contribution is -2.36. The van der Waals surface area contributed by atoms with Gasteiger partial charge in [-0.05, 0) is 18.5 Å². The molecule has 2 rings (SSSR count). The van der Waals surface area contributed by atoms with Crippen LogP contribution < -0.4 is 0 Å². The average molecular weight is 262 g/mol. The van der Waals surface area contributed by atoms with E-state index < -0.39 is 0 Å². The maximum absolute atomic E-state index is 12.1. The third-order valence-electron chi connectivity index (χ3n) is 3.68. The molecule has 1 aromatic rings. The molecular weight excluding hydrogens is 240 g/mol. The number of hydrogen-bond donors (Lipinski definition) is 1. The van der Waals surface area contributed by atoms with E-state index in [1.165, 1.54) is 5.56 Å². The minimum atomic E-state index is 0.0304. The summed E-state index contributed by atoms with van der Waals surface area (Å²) in [5, 5.41) is 8.87. The van der Waals surface area contributed by atoms with Crippen molar-refractivity contribution in [2.75, 3.05) is 33.3 Å². The highest BCUT2D eigenvalue weighted by Crippen LogP contribution is 2.20. The summed E-state index contributed by atoms with van der Waals surface area (Å²) in [6.07, 6.45) is 0.918. The summed E-state index contributed by atoms with van der Waals surface area (Å²) in [7, 11) is 1.76. The Kier molecular flexibility index (Phi) is 4.93. The normalized spacial score (nSPS) is 19.6. The molecular formula is C15H22N2O2. The van der Waals surface area contributed by atoms with Crippen molar-refractivity contribution in [3.63, 3.8) is 0 Å². The van der Waals surface area contributed by atoms with Gasteiger partial charge in [0.2, 0.25) is 5.91 Å². The Bertz CT molecular complexity index is 408. The zero-order chi connectivity index (χ0) is 13.7. The van der Waals surface area contributed by atoms with Crippen LogP contribution in [0.15, 0.2) is 30.3 Å². The molecule has 19 heavy (non-hydrogen) atoms. The minimum absolute atomic E-state index is 0.0304. The van der Waals surface area contributed by atoms with E-state index in [-0.39, 0.29) is 18.4 Å². The largest absolute Gasteiger partial charge is 0.395 e. The van der Waals surface area contributed by atoms with E-state index in [0.29, 0.717) is 6.54 Å². The first-order valence-corrected chi connectivity index (χ1v) is 6.83. The molecule has 1 atom stereocenters. The number of nitrogens with zero attached hydrogens (tertiary/aromatic N) is 2. The topological polar surface area (TPSA) is 43.8 Å². The molecule has 4 heteroatoms. The van der Waals surface area contributed by atoms with Gasteiger partial charge in [-0.3, -0.25) is 9.69 Å². The molecule has 0 radical (unpaired) electrons. The van der Waals surface area contributed by atoms with Crippen molar-refractivity contribution in [1.82, 2.24) is 9.80 Å². The van der Waals surface area contributed by atoms with Crippen LogP contribution in [-0.2, 0) is 11.3 Å². The molecule has 1 amide bonds. The molecule has 0 spiro atoms. The van der Waals surface area contributed by atoms with Crippen LogP contribution in [0.3, 0.4) is 0 Å². The fourth-order valence-electron chi connectivity index (χ4n) is 2.59. The van der Waals surface area contributed by atoms with Crippen LogP contribution in [0, 0.1) is 5.92 Å². The van der Waals surface area contributed by atoms with Gasteiger partial charge in [0.25, 0.3) is 0 Å². The number of amides is 1. The molecule has 1 heterocycles. The summed E-state index contributed by atoms with van der Waals surface area (Å²) in [6, 6.07) is 10.3. The monoisotopic (exact) mass is 262 g/mol. The number of likely N-dealkylation sites (N-methyl/N-ethyl adjacent to an activating group) is 1. The average Bonchev–Trinajstić information content (AvgIpc) is 2.88. The Balaban J connectivity index is 1.84. The highest BCUT2D eigenvalue weighted by atomic mass is 16.3. The predicted octanol–water partition coefficient (Wildman–Crippen LogP) is 0.959. The van der Waals surface area contributed by atoms with E-state index in [9.17, 15) is 4.79 Å². The van der Waals surface area contributed by atoms with Gasteiger partial charge in [-0.1, -0.05) is 30.3 Å². The van der Waals surface area contributed by atoms with Crippen LogP contribution in [0.4, 0.5) is 0 Å². The van der Waals surface area contributed by atoms with E-state index in [2.05, 4.69) is 17.0 Å². The van der Waals surface area contributed by atoms with E-state index in [1.54, 1.807) is 11.9 Å². The number of likely N-dealkylation sites (tertiary alicyclic amines) is 1. The first-order valence-electron chi connectivity index (χ1n) is 6.83. The van der Waals surface area contributed by atoms with Gasteiger partial charge in [0.15, 0.2) is 0 Å². The van der Waals surface area contributed by atoms with E-state index >= 15 is 0 Å². The van der Waals surface area contributed by atoms with Gasteiger partial charge in [-0.15, -0.1) is 0 Å². The summed E-state index contributed by atoms with van der Waals surface area (Å²) in [6.45, 7) is 3.16. The molecule has 1 aliphatic rings. The molecule has 1 aromatic carbocycles. The number of benzene rings is 1. The Morgan fingerprint density at radius 1 is 1.42 bits per heavy atom. The number of aliphatic hydroxyl groups is 1. The molecule has 0 bridgehead atoms. The first kappa shape index (κ1) is 14.0. The first-order chi connectivity index (χ1) is 9.20. The maximum atomic E-state index is 12.1. The van der Waals surface area contributed by atoms with Crippen LogP contribution in [0.5, 0.6) is 0 Å². The summed E-state index contributed by atoms with van der Waals surface area (Å²) < 4.78 is 0. The second kappa shape index (κ2) is 6.68. The number of aliphatic hydroxyl groups excluding tert-OH is 1. The number of hydrogen-bond acceptors (Lipinski definition) is 3. The second-order valence-electron chi connectivity index (χ2n) is 5.19. The van der Waals surface area contributed by atoms with Crippen molar-refractivity contribution < 1.29 is 9.90 Å². The summed E-state index contributed by atoms with van der Waals surface area (Å²) in [5.41, 5.74) is 1.29. The van der Waals surface area contributed by atoms with E-state index in [4.69, 9.17) is 5.11 Å². The number of carbonyl (C=O) groups is 1. The van der Waals surface area contributed by atoms with Crippen LogP contribution >= 0.6 is 0 Å². The van der Waals surface area contributed by atoms with Crippen LogP contribution in [0.1, 0.15) is 12.0 Å². The molecule has 1 aliphatic heterocycles. The van der Waals surface area contributed by atoms with Gasteiger partial charge >= 0.3 is 0 Å². The van der Waals surface area contributed by atoms with Gasteiger partial charge < -0.3 is 10.0 Å². The van der Waals surface area contributed by atoms with Crippen LogP contribution in [0.25, 0.3) is 0 Å². The van der Waals surface area contributed by atoms with Gasteiger partial charge in [-0.2, -0.15) is 0 Å². The molecule has 1 unspecified atom stereocenters. The number of rotatable bonds is 5.